The van der Waals surface area contributed by atoms with Gasteiger partial charge >= 0.3 is 6.09 Å². The maximum Gasteiger partial charge on any atom is 0.408 e. The molecule has 0 aromatic rings. The van der Waals surface area contributed by atoms with Crippen LogP contribution in [0.4, 0.5) is 4.79 Å². The number of amides is 4. The highest BCUT2D eigenvalue weighted by molar-refractivity contribution is 7.90. The number of fused-ring (bicyclic) bond motifs is 2. The fourth-order valence-corrected chi connectivity index (χ4v) is 6.75. The third-order valence-electron chi connectivity index (χ3n) is 7.84. The highest BCUT2D eigenvalue weighted by Gasteiger charge is 2.61. The summed E-state index contributed by atoms with van der Waals surface area (Å²) in [7, 11) is -3.84. The van der Waals surface area contributed by atoms with Crippen LogP contribution >= 0.6 is 0 Å². The summed E-state index contributed by atoms with van der Waals surface area (Å²) < 4.78 is 32.6. The van der Waals surface area contributed by atoms with Crippen molar-refractivity contribution in [3.8, 4) is 0 Å². The Morgan fingerprint density at radius 2 is 1.80 bits per heavy atom. The molecular weight excluding hydrogens is 548 g/mol. The number of nitrogens with one attached hydrogen (secondary N) is 3. The van der Waals surface area contributed by atoms with Crippen LogP contribution in [0.5, 0.6) is 0 Å². The zero-order valence-corrected chi connectivity index (χ0v) is 25.8. The molecule has 3 N–H and O–H groups in total. The van der Waals surface area contributed by atoms with Crippen LogP contribution in [-0.2, 0) is 29.1 Å². The maximum absolute atomic E-state index is 13.7. The molecule has 0 radical (unpaired) electrons. The smallest absolute Gasteiger partial charge is 0.408 e. The summed E-state index contributed by atoms with van der Waals surface area (Å²) in [5.74, 6) is -2.10. The van der Waals surface area contributed by atoms with Crippen molar-refractivity contribution in [3.05, 3.63) is 12.2 Å². The summed E-state index contributed by atoms with van der Waals surface area (Å²) >= 11 is 0. The van der Waals surface area contributed by atoms with Gasteiger partial charge in [-0.2, -0.15) is 0 Å². The van der Waals surface area contributed by atoms with Crippen molar-refractivity contribution in [2.45, 2.75) is 128 Å². The average Bonchev–Trinajstić information content (AvgIpc) is 3.34. The van der Waals surface area contributed by atoms with Gasteiger partial charge in [-0.25, -0.2) is 13.2 Å². The summed E-state index contributed by atoms with van der Waals surface area (Å²) in [6.07, 6.45) is 11.4. The average molecular weight is 597 g/mol. The standard InChI is InChI=1S/C29H48N4O7S/c1-5-6-19-41(38,39)32-26(36)29-20-21(29)15-12-10-8-7-9-11-13-16-22(30-27(37)40-28(2,3)4)25(35)33-18-14-17-23(33)24(34)31-29/h12,15,21-23H,5-11,13-14,16-20H2,1-4H3,(H,30,37)(H,31,34)(H,32,36)/t21-,22?,23+,29-/m1/s1. The van der Waals surface area contributed by atoms with Crippen LogP contribution in [0, 0.1) is 5.92 Å². The van der Waals surface area contributed by atoms with Crippen LogP contribution < -0.4 is 15.4 Å². The summed E-state index contributed by atoms with van der Waals surface area (Å²) in [5, 5.41) is 5.57. The largest absolute Gasteiger partial charge is 0.444 e. The molecule has 12 heteroatoms. The molecule has 232 valence electrons. The molecule has 1 unspecified atom stereocenters. The maximum atomic E-state index is 13.7. The summed E-state index contributed by atoms with van der Waals surface area (Å²) in [6.45, 7) is 7.45. The number of unbranched alkanes of at least 4 members (excludes halogenated alkanes) is 1. The zero-order chi connectivity index (χ0) is 30.3. The second-order valence-electron chi connectivity index (χ2n) is 12.5. The normalized spacial score (nSPS) is 28.1. The Bertz CT molecular complexity index is 1100. The van der Waals surface area contributed by atoms with E-state index in [2.05, 4.69) is 15.4 Å². The van der Waals surface area contributed by atoms with Gasteiger partial charge in [-0.05, 0) is 65.7 Å². The van der Waals surface area contributed by atoms with Gasteiger partial charge in [0.25, 0.3) is 5.91 Å². The molecule has 2 fully saturated rings. The fraction of sp³-hybridized carbons (Fsp3) is 0.793. The molecule has 0 spiro atoms. The molecule has 2 heterocycles. The van der Waals surface area contributed by atoms with Gasteiger partial charge < -0.3 is 20.3 Å². The number of nitrogens with zero attached hydrogens (tertiary/aromatic N) is 1. The molecule has 3 rings (SSSR count). The number of allylic oxidation sites excluding steroid dienone is 1. The van der Waals surface area contributed by atoms with Gasteiger partial charge in [0.1, 0.15) is 23.2 Å². The van der Waals surface area contributed by atoms with E-state index in [9.17, 15) is 27.6 Å². The first-order valence-electron chi connectivity index (χ1n) is 15.1. The lowest BCUT2D eigenvalue weighted by Crippen LogP contribution is -2.58. The van der Waals surface area contributed by atoms with Gasteiger partial charge in [0.2, 0.25) is 21.8 Å². The number of alkyl carbamates (subject to hydrolysis) is 1. The first-order valence-corrected chi connectivity index (χ1v) is 16.8. The van der Waals surface area contributed by atoms with E-state index in [1.54, 1.807) is 20.8 Å². The minimum atomic E-state index is -3.84. The summed E-state index contributed by atoms with van der Waals surface area (Å²) in [4.78, 5) is 54.7. The number of sulfonamides is 1. The molecular formula is C29H48N4O7S. The molecule has 41 heavy (non-hydrogen) atoms. The Kier molecular flexibility index (Phi) is 11.2. The molecule has 4 atom stereocenters. The summed E-state index contributed by atoms with van der Waals surface area (Å²) in [5.41, 5.74) is -2.11. The van der Waals surface area contributed by atoms with Gasteiger partial charge in [-0.15, -0.1) is 0 Å². The Morgan fingerprint density at radius 3 is 2.51 bits per heavy atom. The lowest BCUT2D eigenvalue weighted by atomic mass is 10.0. The van der Waals surface area contributed by atoms with E-state index in [4.69, 9.17) is 4.74 Å². The highest BCUT2D eigenvalue weighted by atomic mass is 32.2. The predicted octanol–water partition coefficient (Wildman–Crippen LogP) is 3.29. The minimum absolute atomic E-state index is 0.170. The highest BCUT2D eigenvalue weighted by Crippen LogP contribution is 2.45. The number of carbonyl (C=O) groups is 4. The number of carbonyl (C=O) groups excluding carboxylic acids is 4. The van der Waals surface area contributed by atoms with Crippen molar-refractivity contribution in [2.24, 2.45) is 5.92 Å². The van der Waals surface area contributed by atoms with E-state index in [1.807, 2.05) is 19.1 Å². The zero-order valence-electron chi connectivity index (χ0n) is 25.0. The number of hydrogen-bond donors (Lipinski definition) is 3. The Hall–Kier alpha value is -2.63. The monoisotopic (exact) mass is 596 g/mol. The van der Waals surface area contributed by atoms with Gasteiger partial charge in [0.05, 0.1) is 5.75 Å². The van der Waals surface area contributed by atoms with Crippen molar-refractivity contribution in [1.82, 2.24) is 20.3 Å². The molecule has 0 aromatic heterocycles. The van der Waals surface area contributed by atoms with E-state index in [-0.39, 0.29) is 24.0 Å². The lowest BCUT2D eigenvalue weighted by Gasteiger charge is -2.30. The van der Waals surface area contributed by atoms with Gasteiger partial charge in [0.15, 0.2) is 0 Å². The quantitative estimate of drug-likeness (QED) is 0.398. The minimum Gasteiger partial charge on any atom is -0.444 e. The van der Waals surface area contributed by atoms with Crippen molar-refractivity contribution in [3.63, 3.8) is 0 Å². The van der Waals surface area contributed by atoms with Crippen molar-refractivity contribution < 1.29 is 32.3 Å². The molecule has 0 aromatic carbocycles. The van der Waals surface area contributed by atoms with E-state index in [1.165, 1.54) is 4.90 Å². The predicted molar refractivity (Wildman–Crippen MR) is 155 cm³/mol. The number of hydrogen-bond acceptors (Lipinski definition) is 7. The molecule has 4 amide bonds. The Labute approximate surface area is 244 Å². The van der Waals surface area contributed by atoms with Crippen LogP contribution in [0.15, 0.2) is 12.2 Å². The molecule has 3 aliphatic rings. The molecule has 1 saturated carbocycles. The van der Waals surface area contributed by atoms with Gasteiger partial charge in [0, 0.05) is 12.5 Å². The Morgan fingerprint density at radius 1 is 1.10 bits per heavy atom. The Balaban J connectivity index is 1.83. The van der Waals surface area contributed by atoms with E-state index in [0.29, 0.717) is 38.6 Å². The van der Waals surface area contributed by atoms with Crippen LogP contribution in [0.2, 0.25) is 0 Å². The van der Waals surface area contributed by atoms with Crippen molar-refractivity contribution in [2.75, 3.05) is 12.3 Å². The molecule has 1 saturated heterocycles. The van der Waals surface area contributed by atoms with Crippen LogP contribution in [0.25, 0.3) is 0 Å². The lowest BCUT2D eigenvalue weighted by molar-refractivity contribution is -0.141. The van der Waals surface area contributed by atoms with Crippen LogP contribution in [0.1, 0.15) is 105 Å². The van der Waals surface area contributed by atoms with Gasteiger partial charge in [-0.3, -0.25) is 19.1 Å². The van der Waals surface area contributed by atoms with E-state index < -0.39 is 51.2 Å². The third-order valence-corrected chi connectivity index (χ3v) is 9.16. The van der Waals surface area contributed by atoms with Crippen LogP contribution in [-0.4, -0.2) is 72.7 Å². The number of ether oxygens (including phenoxy) is 1. The third kappa shape index (κ3) is 9.44. The van der Waals surface area contributed by atoms with Crippen LogP contribution in [0.3, 0.4) is 0 Å². The van der Waals surface area contributed by atoms with Crippen molar-refractivity contribution in [1.29, 1.82) is 0 Å². The molecule has 0 bridgehead atoms. The second kappa shape index (κ2) is 14.0. The van der Waals surface area contributed by atoms with E-state index >= 15 is 0 Å². The fourth-order valence-electron chi connectivity index (χ4n) is 5.51. The molecule has 11 nitrogen and oxygen atoms in total. The summed E-state index contributed by atoms with van der Waals surface area (Å²) in [6, 6.07) is -1.67. The molecule has 2 aliphatic heterocycles. The van der Waals surface area contributed by atoms with Crippen molar-refractivity contribution >= 4 is 33.8 Å². The SMILES string of the molecule is CCCCS(=O)(=O)NC(=O)[C@@]12C[C@H]1C=CCCCCCCCC(NC(=O)OC(C)(C)C)C(=O)N1CCC[C@H]1C(=O)N2. The van der Waals surface area contributed by atoms with Gasteiger partial charge in [-0.1, -0.05) is 51.2 Å². The second-order valence-corrected chi connectivity index (χ2v) is 14.4. The first kappa shape index (κ1) is 32.9. The molecule has 1 aliphatic carbocycles. The topological polar surface area (TPSA) is 151 Å². The number of rotatable bonds is 6. The van der Waals surface area contributed by atoms with E-state index in [0.717, 1.165) is 38.5 Å². The first-order chi connectivity index (χ1) is 19.3.